The van der Waals surface area contributed by atoms with Crippen molar-refractivity contribution in [3.05, 3.63) is 35.6 Å². The number of hydrogen-bond acceptors (Lipinski definition) is 4. The first-order valence-corrected chi connectivity index (χ1v) is 6.59. The average Bonchev–Trinajstić information content (AvgIpc) is 2.68. The summed E-state index contributed by atoms with van der Waals surface area (Å²) in [4.78, 5) is 13.6. The highest BCUT2D eigenvalue weighted by atomic mass is 19.1. The number of aliphatic hydroxyl groups is 2. The maximum atomic E-state index is 12.8. The molecule has 20 heavy (non-hydrogen) atoms. The molecule has 0 bridgehead atoms. The number of carbonyl (C=O) groups is 1. The van der Waals surface area contributed by atoms with Crippen molar-refractivity contribution in [3.8, 4) is 0 Å². The van der Waals surface area contributed by atoms with E-state index in [9.17, 15) is 19.4 Å². The fourth-order valence-electron chi connectivity index (χ4n) is 2.30. The normalized spacial score (nSPS) is 24.6. The van der Waals surface area contributed by atoms with Crippen LogP contribution < -0.4 is 5.32 Å². The van der Waals surface area contributed by atoms with E-state index in [1.807, 2.05) is 6.92 Å². The Labute approximate surface area is 117 Å². The van der Waals surface area contributed by atoms with Gasteiger partial charge in [0.1, 0.15) is 5.82 Å². The van der Waals surface area contributed by atoms with Crippen LogP contribution in [0.5, 0.6) is 0 Å². The molecule has 3 N–H and O–H groups in total. The lowest BCUT2D eigenvalue weighted by atomic mass is 10.1. The van der Waals surface area contributed by atoms with Gasteiger partial charge in [-0.2, -0.15) is 0 Å². The Morgan fingerprint density at radius 1 is 1.35 bits per heavy atom. The second-order valence-electron chi connectivity index (χ2n) is 5.17. The first-order chi connectivity index (χ1) is 9.45. The third kappa shape index (κ3) is 3.75. The van der Waals surface area contributed by atoms with E-state index in [0.29, 0.717) is 13.1 Å². The van der Waals surface area contributed by atoms with Crippen LogP contribution in [0.3, 0.4) is 0 Å². The molecule has 1 aromatic rings. The van der Waals surface area contributed by atoms with Gasteiger partial charge in [0.2, 0.25) is 5.91 Å². The number of benzene rings is 1. The summed E-state index contributed by atoms with van der Waals surface area (Å²) in [5.41, 5.74) is 0.821. The van der Waals surface area contributed by atoms with Gasteiger partial charge >= 0.3 is 0 Å². The second-order valence-corrected chi connectivity index (χ2v) is 5.17. The third-order valence-electron chi connectivity index (χ3n) is 3.45. The number of aliphatic hydroxyl groups excluding tert-OH is 2. The lowest BCUT2D eigenvalue weighted by Crippen LogP contribution is -2.37. The molecule has 0 aliphatic carbocycles. The lowest BCUT2D eigenvalue weighted by Gasteiger charge is -2.18. The van der Waals surface area contributed by atoms with E-state index in [2.05, 4.69) is 5.32 Å². The molecule has 1 amide bonds. The van der Waals surface area contributed by atoms with Crippen molar-refractivity contribution in [2.75, 3.05) is 19.6 Å². The maximum absolute atomic E-state index is 12.8. The molecule has 1 aromatic carbocycles. The monoisotopic (exact) mass is 282 g/mol. The van der Waals surface area contributed by atoms with Gasteiger partial charge in [-0.15, -0.1) is 0 Å². The van der Waals surface area contributed by atoms with Gasteiger partial charge in [0, 0.05) is 13.1 Å². The summed E-state index contributed by atoms with van der Waals surface area (Å²) in [6.45, 7) is 2.53. The molecule has 3 unspecified atom stereocenters. The van der Waals surface area contributed by atoms with Crippen LogP contribution in [0.1, 0.15) is 18.5 Å². The minimum Gasteiger partial charge on any atom is -0.389 e. The molecular weight excluding hydrogens is 263 g/mol. The summed E-state index contributed by atoms with van der Waals surface area (Å²) in [6.07, 6.45) is -1.59. The minimum atomic E-state index is -0.794. The maximum Gasteiger partial charge on any atom is 0.234 e. The SMILES string of the molecule is CC(NC(=O)CN1CC(O)C(O)C1)c1ccc(F)cc1. The van der Waals surface area contributed by atoms with Crippen LogP contribution in [0, 0.1) is 5.82 Å². The summed E-state index contributed by atoms with van der Waals surface area (Å²) in [7, 11) is 0. The zero-order valence-electron chi connectivity index (χ0n) is 11.3. The van der Waals surface area contributed by atoms with E-state index in [-0.39, 0.29) is 24.3 Å². The number of hydrogen-bond donors (Lipinski definition) is 3. The fraction of sp³-hybridized carbons (Fsp3) is 0.500. The molecule has 6 heteroatoms. The first-order valence-electron chi connectivity index (χ1n) is 6.59. The molecular formula is C14H19FN2O3. The third-order valence-corrected chi connectivity index (χ3v) is 3.45. The van der Waals surface area contributed by atoms with E-state index in [0.717, 1.165) is 5.56 Å². The summed E-state index contributed by atoms with van der Waals surface area (Å²) in [5.74, 6) is -0.504. The summed E-state index contributed by atoms with van der Waals surface area (Å²) < 4.78 is 12.8. The summed E-state index contributed by atoms with van der Waals surface area (Å²) in [6, 6.07) is 5.74. The zero-order valence-corrected chi connectivity index (χ0v) is 11.3. The molecule has 1 heterocycles. The van der Waals surface area contributed by atoms with E-state index >= 15 is 0 Å². The van der Waals surface area contributed by atoms with Crippen molar-refractivity contribution >= 4 is 5.91 Å². The Morgan fingerprint density at radius 3 is 2.45 bits per heavy atom. The highest BCUT2D eigenvalue weighted by Crippen LogP contribution is 2.13. The number of amides is 1. The Hall–Kier alpha value is -1.50. The number of nitrogens with one attached hydrogen (secondary N) is 1. The van der Waals surface area contributed by atoms with Crippen molar-refractivity contribution in [1.29, 1.82) is 0 Å². The number of rotatable bonds is 4. The average molecular weight is 282 g/mol. The number of β-amino-alcohol motifs (C(OH)–C–C–N with tert-alkyl or cyclic N) is 2. The number of nitrogens with zero attached hydrogens (tertiary/aromatic N) is 1. The van der Waals surface area contributed by atoms with Crippen LogP contribution in [0.15, 0.2) is 24.3 Å². The molecule has 1 saturated heterocycles. The van der Waals surface area contributed by atoms with Crippen molar-refractivity contribution in [3.63, 3.8) is 0 Å². The minimum absolute atomic E-state index is 0.125. The van der Waals surface area contributed by atoms with Crippen LogP contribution in [0.2, 0.25) is 0 Å². The highest BCUT2D eigenvalue weighted by molar-refractivity contribution is 5.78. The van der Waals surface area contributed by atoms with Gasteiger partial charge < -0.3 is 15.5 Å². The summed E-state index contributed by atoms with van der Waals surface area (Å²) >= 11 is 0. The quantitative estimate of drug-likeness (QED) is 0.729. The molecule has 1 fully saturated rings. The smallest absolute Gasteiger partial charge is 0.234 e. The van der Waals surface area contributed by atoms with Gasteiger partial charge in [0.05, 0.1) is 24.8 Å². The second kappa shape index (κ2) is 6.30. The molecule has 0 spiro atoms. The molecule has 0 radical (unpaired) electrons. The molecule has 0 aromatic heterocycles. The van der Waals surface area contributed by atoms with Gasteiger partial charge in [0.25, 0.3) is 0 Å². The van der Waals surface area contributed by atoms with E-state index < -0.39 is 12.2 Å². The van der Waals surface area contributed by atoms with Crippen molar-refractivity contribution in [1.82, 2.24) is 10.2 Å². The van der Waals surface area contributed by atoms with Gasteiger partial charge in [-0.05, 0) is 24.6 Å². The van der Waals surface area contributed by atoms with Crippen molar-refractivity contribution in [2.24, 2.45) is 0 Å². The van der Waals surface area contributed by atoms with Gasteiger partial charge in [0.15, 0.2) is 0 Å². The van der Waals surface area contributed by atoms with E-state index in [1.165, 1.54) is 12.1 Å². The van der Waals surface area contributed by atoms with E-state index in [1.54, 1.807) is 17.0 Å². The Bertz CT molecular complexity index is 456. The number of halogens is 1. The molecule has 5 nitrogen and oxygen atoms in total. The highest BCUT2D eigenvalue weighted by Gasteiger charge is 2.30. The first kappa shape index (κ1) is 14.9. The van der Waals surface area contributed by atoms with Crippen molar-refractivity contribution in [2.45, 2.75) is 25.2 Å². The molecule has 0 saturated carbocycles. The lowest BCUT2D eigenvalue weighted by molar-refractivity contribution is -0.122. The standard InChI is InChI=1S/C14H19FN2O3/c1-9(10-2-4-11(15)5-3-10)16-14(20)8-17-6-12(18)13(19)7-17/h2-5,9,12-13,18-19H,6-8H2,1H3,(H,16,20). The molecule has 2 rings (SSSR count). The predicted molar refractivity (Wildman–Crippen MR) is 71.4 cm³/mol. The largest absolute Gasteiger partial charge is 0.389 e. The Morgan fingerprint density at radius 2 is 1.90 bits per heavy atom. The van der Waals surface area contributed by atoms with Crippen LogP contribution in [0.4, 0.5) is 4.39 Å². The van der Waals surface area contributed by atoms with Crippen LogP contribution in [0.25, 0.3) is 0 Å². The van der Waals surface area contributed by atoms with Crippen LogP contribution in [-0.2, 0) is 4.79 Å². The van der Waals surface area contributed by atoms with Gasteiger partial charge in [-0.25, -0.2) is 4.39 Å². The molecule has 1 aliphatic rings. The fourth-order valence-corrected chi connectivity index (χ4v) is 2.30. The molecule has 3 atom stereocenters. The van der Waals surface area contributed by atoms with E-state index in [4.69, 9.17) is 0 Å². The molecule has 1 aliphatic heterocycles. The van der Waals surface area contributed by atoms with Crippen molar-refractivity contribution < 1.29 is 19.4 Å². The number of likely N-dealkylation sites (tertiary alicyclic amines) is 1. The Kier molecular flexibility index (Phi) is 4.69. The number of carbonyl (C=O) groups excluding carboxylic acids is 1. The molecule has 110 valence electrons. The zero-order chi connectivity index (χ0) is 14.7. The van der Waals surface area contributed by atoms with Gasteiger partial charge in [-0.1, -0.05) is 12.1 Å². The van der Waals surface area contributed by atoms with Gasteiger partial charge in [-0.3, -0.25) is 9.69 Å². The predicted octanol–water partition coefficient (Wildman–Crippen LogP) is 0.0403. The van der Waals surface area contributed by atoms with Crippen LogP contribution in [-0.4, -0.2) is 52.9 Å². The Balaban J connectivity index is 1.84. The topological polar surface area (TPSA) is 72.8 Å². The van der Waals surface area contributed by atoms with Crippen LogP contribution >= 0.6 is 0 Å². The summed E-state index contributed by atoms with van der Waals surface area (Å²) in [5, 5.41) is 21.6.